The van der Waals surface area contributed by atoms with E-state index in [9.17, 15) is 14.5 Å². The van der Waals surface area contributed by atoms with Crippen LogP contribution in [0.15, 0.2) is 30.3 Å². The Kier molecular flexibility index (Phi) is 4.43. The monoisotopic (exact) mass is 308 g/mol. The van der Waals surface area contributed by atoms with Crippen LogP contribution in [0.4, 0.5) is 15.8 Å². The average molecular weight is 309 g/mol. The van der Waals surface area contributed by atoms with Gasteiger partial charge in [-0.05, 0) is 42.7 Å². The van der Waals surface area contributed by atoms with E-state index in [1.807, 2.05) is 0 Å². The molecule has 0 saturated heterocycles. The van der Waals surface area contributed by atoms with Crippen molar-refractivity contribution in [3.05, 3.63) is 68.0 Å². The highest BCUT2D eigenvalue weighted by Gasteiger charge is 2.18. The van der Waals surface area contributed by atoms with Crippen molar-refractivity contribution in [2.45, 2.75) is 20.4 Å². The van der Waals surface area contributed by atoms with E-state index in [1.165, 1.54) is 6.07 Å². The SMILES string of the molecule is Cc1cc(CNc2cccc(Cl)c2[N+](=O)[O-])cc(C)c1F. The predicted molar refractivity (Wildman–Crippen MR) is 81.3 cm³/mol. The van der Waals surface area contributed by atoms with Crippen LogP contribution in [0.2, 0.25) is 5.02 Å². The summed E-state index contributed by atoms with van der Waals surface area (Å²) in [5, 5.41) is 14.1. The van der Waals surface area contributed by atoms with E-state index in [2.05, 4.69) is 5.32 Å². The van der Waals surface area contributed by atoms with E-state index in [4.69, 9.17) is 11.6 Å². The standard InChI is InChI=1S/C15H14ClFN2O2/c1-9-6-11(7-10(2)14(9)17)8-18-13-5-3-4-12(16)15(13)19(20)21/h3-7,18H,8H2,1-2H3. The smallest absolute Gasteiger partial charge is 0.310 e. The minimum Gasteiger partial charge on any atom is -0.375 e. The Balaban J connectivity index is 2.25. The summed E-state index contributed by atoms with van der Waals surface area (Å²) < 4.78 is 13.6. The summed E-state index contributed by atoms with van der Waals surface area (Å²) in [6, 6.07) is 8.13. The minimum atomic E-state index is -0.522. The molecule has 2 rings (SSSR count). The van der Waals surface area contributed by atoms with Crippen molar-refractivity contribution >= 4 is 23.0 Å². The number of nitro groups is 1. The second-order valence-electron chi connectivity index (χ2n) is 4.79. The Morgan fingerprint density at radius 1 is 1.29 bits per heavy atom. The predicted octanol–water partition coefficient (Wildman–Crippen LogP) is 4.62. The first kappa shape index (κ1) is 15.3. The first-order valence-electron chi connectivity index (χ1n) is 6.32. The van der Waals surface area contributed by atoms with Crippen molar-refractivity contribution in [2.75, 3.05) is 5.32 Å². The van der Waals surface area contributed by atoms with Crippen LogP contribution in [0.1, 0.15) is 16.7 Å². The van der Waals surface area contributed by atoms with Gasteiger partial charge in [0.2, 0.25) is 0 Å². The Morgan fingerprint density at radius 2 is 1.90 bits per heavy atom. The zero-order chi connectivity index (χ0) is 15.6. The van der Waals surface area contributed by atoms with Crippen LogP contribution in [-0.2, 0) is 6.54 Å². The van der Waals surface area contributed by atoms with Gasteiger partial charge in [-0.25, -0.2) is 4.39 Å². The van der Waals surface area contributed by atoms with Gasteiger partial charge in [0.15, 0.2) is 0 Å². The summed E-state index contributed by atoms with van der Waals surface area (Å²) in [6.07, 6.45) is 0. The number of nitrogens with one attached hydrogen (secondary N) is 1. The Morgan fingerprint density at radius 3 is 2.48 bits per heavy atom. The van der Waals surface area contributed by atoms with Gasteiger partial charge in [0, 0.05) is 6.54 Å². The minimum absolute atomic E-state index is 0.0801. The lowest BCUT2D eigenvalue weighted by atomic mass is 10.1. The molecule has 0 aliphatic heterocycles. The molecule has 0 unspecified atom stereocenters. The molecule has 0 aromatic heterocycles. The maximum absolute atomic E-state index is 13.6. The van der Waals surface area contributed by atoms with E-state index in [0.717, 1.165) is 5.56 Å². The second-order valence-corrected chi connectivity index (χ2v) is 5.20. The van der Waals surface area contributed by atoms with Gasteiger partial charge < -0.3 is 5.32 Å². The van der Waals surface area contributed by atoms with Crippen molar-refractivity contribution in [1.82, 2.24) is 0 Å². The topological polar surface area (TPSA) is 55.2 Å². The summed E-state index contributed by atoms with van der Waals surface area (Å²) in [5.41, 5.74) is 2.13. The molecule has 0 heterocycles. The first-order chi connectivity index (χ1) is 9.90. The molecule has 0 radical (unpaired) electrons. The van der Waals surface area contributed by atoms with Crippen LogP contribution in [0.3, 0.4) is 0 Å². The quantitative estimate of drug-likeness (QED) is 0.662. The van der Waals surface area contributed by atoms with Crippen LogP contribution in [0.25, 0.3) is 0 Å². The van der Waals surface area contributed by atoms with Crippen LogP contribution < -0.4 is 5.32 Å². The molecule has 21 heavy (non-hydrogen) atoms. The first-order valence-corrected chi connectivity index (χ1v) is 6.70. The number of rotatable bonds is 4. The largest absolute Gasteiger partial charge is 0.375 e. The molecule has 0 amide bonds. The van der Waals surface area contributed by atoms with Gasteiger partial charge in [-0.3, -0.25) is 10.1 Å². The maximum atomic E-state index is 13.6. The van der Waals surface area contributed by atoms with Crippen LogP contribution in [0.5, 0.6) is 0 Å². The molecule has 1 N–H and O–H groups in total. The lowest BCUT2D eigenvalue weighted by molar-refractivity contribution is -0.383. The molecule has 0 atom stereocenters. The van der Waals surface area contributed by atoms with Crippen molar-refractivity contribution in [2.24, 2.45) is 0 Å². The number of aryl methyl sites for hydroxylation is 2. The Labute approximate surface area is 126 Å². The van der Waals surface area contributed by atoms with Gasteiger partial charge in [-0.1, -0.05) is 29.8 Å². The third-order valence-electron chi connectivity index (χ3n) is 3.15. The Bertz CT molecular complexity index is 681. The molecule has 2 aromatic carbocycles. The van der Waals surface area contributed by atoms with Crippen molar-refractivity contribution in [3.63, 3.8) is 0 Å². The number of hydrogen-bond acceptors (Lipinski definition) is 3. The fraction of sp³-hybridized carbons (Fsp3) is 0.200. The maximum Gasteiger partial charge on any atom is 0.310 e. The van der Waals surface area contributed by atoms with Crippen molar-refractivity contribution in [3.8, 4) is 0 Å². The van der Waals surface area contributed by atoms with Crippen molar-refractivity contribution < 1.29 is 9.31 Å². The average Bonchev–Trinajstić information content (AvgIpc) is 2.41. The van der Waals surface area contributed by atoms with Crippen LogP contribution in [-0.4, -0.2) is 4.92 Å². The number of nitro benzene ring substituents is 1. The summed E-state index contributed by atoms with van der Waals surface area (Å²) in [6.45, 7) is 3.73. The molecular formula is C15H14ClFN2O2. The molecule has 6 heteroatoms. The summed E-state index contributed by atoms with van der Waals surface area (Å²) in [7, 11) is 0. The molecule has 0 spiro atoms. The summed E-state index contributed by atoms with van der Waals surface area (Å²) >= 11 is 5.85. The highest BCUT2D eigenvalue weighted by Crippen LogP contribution is 2.32. The number of benzene rings is 2. The van der Waals surface area contributed by atoms with Gasteiger partial charge in [0.05, 0.1) is 4.92 Å². The van der Waals surface area contributed by atoms with E-state index < -0.39 is 4.92 Å². The van der Waals surface area contributed by atoms with E-state index in [-0.39, 0.29) is 16.5 Å². The number of halogens is 2. The number of hydrogen-bond donors (Lipinski definition) is 1. The summed E-state index contributed by atoms with van der Waals surface area (Å²) in [5.74, 6) is -0.229. The fourth-order valence-electron chi connectivity index (χ4n) is 2.18. The molecule has 110 valence electrons. The van der Waals surface area contributed by atoms with Gasteiger partial charge in [0.1, 0.15) is 16.5 Å². The lowest BCUT2D eigenvalue weighted by Gasteiger charge is -2.10. The van der Waals surface area contributed by atoms with E-state index >= 15 is 0 Å². The number of para-hydroxylation sites is 1. The zero-order valence-electron chi connectivity index (χ0n) is 11.6. The normalized spacial score (nSPS) is 10.5. The van der Waals surface area contributed by atoms with Crippen LogP contribution in [0, 0.1) is 29.8 Å². The molecular weight excluding hydrogens is 295 g/mol. The molecule has 0 fully saturated rings. The number of nitrogens with zero attached hydrogens (tertiary/aromatic N) is 1. The summed E-state index contributed by atoms with van der Waals surface area (Å²) in [4.78, 5) is 10.5. The fourth-order valence-corrected chi connectivity index (χ4v) is 2.42. The third kappa shape index (κ3) is 3.31. The molecule has 0 bridgehead atoms. The second kappa shape index (κ2) is 6.10. The van der Waals surface area contributed by atoms with Crippen LogP contribution >= 0.6 is 11.6 Å². The molecule has 0 aliphatic rings. The third-order valence-corrected chi connectivity index (χ3v) is 3.45. The molecule has 0 aliphatic carbocycles. The molecule has 2 aromatic rings. The van der Waals surface area contributed by atoms with Gasteiger partial charge in [0.25, 0.3) is 0 Å². The zero-order valence-corrected chi connectivity index (χ0v) is 12.4. The van der Waals surface area contributed by atoms with Gasteiger partial charge in [-0.15, -0.1) is 0 Å². The van der Waals surface area contributed by atoms with Crippen molar-refractivity contribution in [1.29, 1.82) is 0 Å². The van der Waals surface area contributed by atoms with Gasteiger partial charge in [-0.2, -0.15) is 0 Å². The Hall–Kier alpha value is -2.14. The number of anilines is 1. The van der Waals surface area contributed by atoms with Gasteiger partial charge >= 0.3 is 5.69 Å². The van der Waals surface area contributed by atoms with E-state index in [0.29, 0.717) is 23.4 Å². The molecule has 4 nitrogen and oxygen atoms in total. The van der Waals surface area contributed by atoms with E-state index in [1.54, 1.807) is 38.1 Å². The molecule has 0 saturated carbocycles. The highest BCUT2D eigenvalue weighted by atomic mass is 35.5. The highest BCUT2D eigenvalue weighted by molar-refractivity contribution is 6.33. The lowest BCUT2D eigenvalue weighted by Crippen LogP contribution is -2.04.